The monoisotopic (exact) mass is 297 g/mol. The minimum atomic E-state index is -3.40. The maximum atomic E-state index is 11.6. The SMILES string of the molecule is CNS(=O)(=O)c1ccc(NCC2CCCCC2C)nc1. The minimum absolute atomic E-state index is 0.191. The van der Waals surface area contributed by atoms with Crippen LogP contribution in [0.25, 0.3) is 0 Å². The number of aromatic nitrogens is 1. The number of hydrogen-bond acceptors (Lipinski definition) is 4. The first kappa shape index (κ1) is 15.3. The van der Waals surface area contributed by atoms with E-state index in [-0.39, 0.29) is 4.90 Å². The Kier molecular flexibility index (Phi) is 4.99. The van der Waals surface area contributed by atoms with Crippen molar-refractivity contribution in [1.82, 2.24) is 9.71 Å². The Bertz CT molecular complexity index is 528. The molecule has 0 amide bonds. The lowest BCUT2D eigenvalue weighted by Gasteiger charge is -2.28. The van der Waals surface area contributed by atoms with Gasteiger partial charge in [0.25, 0.3) is 0 Å². The Morgan fingerprint density at radius 1 is 1.30 bits per heavy atom. The van der Waals surface area contributed by atoms with Gasteiger partial charge in [-0.2, -0.15) is 0 Å². The standard InChI is InChI=1S/C14H23N3O2S/c1-11-5-3-4-6-12(11)9-16-14-8-7-13(10-17-14)20(18,19)15-2/h7-8,10-12,15H,3-6,9H2,1-2H3,(H,16,17). The van der Waals surface area contributed by atoms with E-state index in [1.54, 1.807) is 12.1 Å². The molecule has 0 radical (unpaired) electrons. The summed E-state index contributed by atoms with van der Waals surface area (Å²) in [7, 11) is -2.00. The van der Waals surface area contributed by atoms with E-state index in [0.717, 1.165) is 18.3 Å². The lowest BCUT2D eigenvalue weighted by molar-refractivity contribution is 0.268. The van der Waals surface area contributed by atoms with Gasteiger partial charge in [0.1, 0.15) is 10.7 Å². The normalized spacial score (nSPS) is 23.5. The third kappa shape index (κ3) is 3.70. The van der Waals surface area contributed by atoms with Gasteiger partial charge in [0.15, 0.2) is 0 Å². The topological polar surface area (TPSA) is 71.1 Å². The smallest absolute Gasteiger partial charge is 0.241 e. The summed E-state index contributed by atoms with van der Waals surface area (Å²) in [5.74, 6) is 2.17. The Labute approximate surface area is 121 Å². The highest BCUT2D eigenvalue weighted by atomic mass is 32.2. The molecule has 20 heavy (non-hydrogen) atoms. The van der Waals surface area contributed by atoms with Crippen LogP contribution in [0, 0.1) is 11.8 Å². The molecule has 1 aromatic heterocycles. The fraction of sp³-hybridized carbons (Fsp3) is 0.643. The van der Waals surface area contributed by atoms with Crippen LogP contribution in [-0.4, -0.2) is 27.0 Å². The van der Waals surface area contributed by atoms with Crippen LogP contribution in [0.2, 0.25) is 0 Å². The number of anilines is 1. The van der Waals surface area contributed by atoms with Crippen molar-refractivity contribution in [3.8, 4) is 0 Å². The molecule has 0 spiro atoms. The second-order valence-corrected chi connectivity index (χ2v) is 7.38. The first-order valence-electron chi connectivity index (χ1n) is 7.16. The van der Waals surface area contributed by atoms with Crippen molar-refractivity contribution in [2.75, 3.05) is 18.9 Å². The second-order valence-electron chi connectivity index (χ2n) is 5.49. The number of nitrogens with one attached hydrogen (secondary N) is 2. The zero-order chi connectivity index (χ0) is 14.6. The van der Waals surface area contributed by atoms with Crippen molar-refractivity contribution in [1.29, 1.82) is 0 Å². The van der Waals surface area contributed by atoms with Gasteiger partial charge >= 0.3 is 0 Å². The molecule has 1 fully saturated rings. The number of nitrogens with zero attached hydrogens (tertiary/aromatic N) is 1. The summed E-state index contributed by atoms with van der Waals surface area (Å²) in [5.41, 5.74) is 0. The molecular formula is C14H23N3O2S. The van der Waals surface area contributed by atoms with E-state index in [2.05, 4.69) is 21.9 Å². The number of hydrogen-bond donors (Lipinski definition) is 2. The zero-order valence-corrected chi connectivity index (χ0v) is 12.9. The first-order valence-corrected chi connectivity index (χ1v) is 8.64. The average Bonchev–Trinajstić information content (AvgIpc) is 2.47. The molecule has 0 saturated heterocycles. The lowest BCUT2D eigenvalue weighted by atomic mass is 9.80. The van der Waals surface area contributed by atoms with Crippen LogP contribution < -0.4 is 10.0 Å². The summed E-state index contributed by atoms with van der Waals surface area (Å²) in [6.45, 7) is 3.22. The number of pyridine rings is 1. The van der Waals surface area contributed by atoms with Crippen molar-refractivity contribution in [2.45, 2.75) is 37.5 Å². The van der Waals surface area contributed by atoms with Gasteiger partial charge in [0.05, 0.1) is 0 Å². The van der Waals surface area contributed by atoms with Gasteiger partial charge in [-0.05, 0) is 37.4 Å². The average molecular weight is 297 g/mol. The van der Waals surface area contributed by atoms with E-state index in [9.17, 15) is 8.42 Å². The molecule has 2 N–H and O–H groups in total. The van der Waals surface area contributed by atoms with Crippen LogP contribution in [0.1, 0.15) is 32.6 Å². The van der Waals surface area contributed by atoms with E-state index in [0.29, 0.717) is 5.92 Å². The van der Waals surface area contributed by atoms with Crippen LogP contribution in [0.4, 0.5) is 5.82 Å². The molecule has 0 aromatic carbocycles. The molecular weight excluding hydrogens is 274 g/mol. The van der Waals surface area contributed by atoms with Crippen LogP contribution in [0.5, 0.6) is 0 Å². The van der Waals surface area contributed by atoms with Gasteiger partial charge in [0, 0.05) is 12.7 Å². The second kappa shape index (κ2) is 6.54. The molecule has 1 heterocycles. The highest BCUT2D eigenvalue weighted by Gasteiger charge is 2.21. The van der Waals surface area contributed by atoms with Crippen molar-refractivity contribution >= 4 is 15.8 Å². The molecule has 2 atom stereocenters. The molecule has 0 aliphatic heterocycles. The van der Waals surface area contributed by atoms with E-state index in [1.165, 1.54) is 38.9 Å². The molecule has 1 aliphatic rings. The quantitative estimate of drug-likeness (QED) is 0.874. The minimum Gasteiger partial charge on any atom is -0.370 e. The van der Waals surface area contributed by atoms with Crippen LogP contribution in [0.15, 0.2) is 23.2 Å². The zero-order valence-electron chi connectivity index (χ0n) is 12.1. The van der Waals surface area contributed by atoms with Crippen LogP contribution >= 0.6 is 0 Å². The highest BCUT2D eigenvalue weighted by Crippen LogP contribution is 2.29. The summed E-state index contributed by atoms with van der Waals surface area (Å²) >= 11 is 0. The van der Waals surface area contributed by atoms with Crippen molar-refractivity contribution in [2.24, 2.45) is 11.8 Å². The molecule has 1 aromatic rings. The fourth-order valence-corrected chi connectivity index (χ4v) is 3.37. The Morgan fingerprint density at radius 2 is 2.05 bits per heavy atom. The summed E-state index contributed by atoms with van der Waals surface area (Å²) in [4.78, 5) is 4.36. The predicted molar refractivity (Wildman–Crippen MR) is 80.1 cm³/mol. The first-order chi connectivity index (χ1) is 9.53. The molecule has 6 heteroatoms. The predicted octanol–water partition coefficient (Wildman–Crippen LogP) is 2.23. The van der Waals surface area contributed by atoms with E-state index >= 15 is 0 Å². The van der Waals surface area contributed by atoms with E-state index in [4.69, 9.17) is 0 Å². The van der Waals surface area contributed by atoms with Gasteiger partial charge in [0.2, 0.25) is 10.0 Å². The Hall–Kier alpha value is -1.14. The van der Waals surface area contributed by atoms with E-state index in [1.807, 2.05) is 0 Å². The van der Waals surface area contributed by atoms with Gasteiger partial charge in [-0.1, -0.05) is 26.2 Å². The van der Waals surface area contributed by atoms with Gasteiger partial charge in [-0.3, -0.25) is 0 Å². The molecule has 1 aliphatic carbocycles. The summed E-state index contributed by atoms with van der Waals surface area (Å²) in [6, 6.07) is 3.29. The summed E-state index contributed by atoms with van der Waals surface area (Å²) in [5, 5.41) is 3.32. The summed E-state index contributed by atoms with van der Waals surface area (Å²) < 4.78 is 25.5. The molecule has 1 saturated carbocycles. The van der Waals surface area contributed by atoms with Crippen LogP contribution in [0.3, 0.4) is 0 Å². The largest absolute Gasteiger partial charge is 0.370 e. The molecule has 112 valence electrons. The number of rotatable bonds is 5. The van der Waals surface area contributed by atoms with Crippen molar-refractivity contribution < 1.29 is 8.42 Å². The van der Waals surface area contributed by atoms with Gasteiger partial charge in [-0.25, -0.2) is 18.1 Å². The molecule has 0 bridgehead atoms. The summed E-state index contributed by atoms with van der Waals surface area (Å²) in [6.07, 6.45) is 6.61. The molecule has 2 unspecified atom stereocenters. The lowest BCUT2D eigenvalue weighted by Crippen LogP contribution is -2.24. The van der Waals surface area contributed by atoms with Crippen molar-refractivity contribution in [3.05, 3.63) is 18.3 Å². The van der Waals surface area contributed by atoms with Gasteiger partial charge in [-0.15, -0.1) is 0 Å². The van der Waals surface area contributed by atoms with E-state index < -0.39 is 10.0 Å². The Morgan fingerprint density at radius 3 is 2.65 bits per heavy atom. The molecule has 2 rings (SSSR count). The van der Waals surface area contributed by atoms with Gasteiger partial charge < -0.3 is 5.32 Å². The maximum Gasteiger partial charge on any atom is 0.241 e. The fourth-order valence-electron chi connectivity index (χ4n) is 2.69. The molecule has 5 nitrogen and oxygen atoms in total. The van der Waals surface area contributed by atoms with Crippen molar-refractivity contribution in [3.63, 3.8) is 0 Å². The third-order valence-corrected chi connectivity index (χ3v) is 5.55. The third-order valence-electron chi connectivity index (χ3n) is 4.15. The Balaban J connectivity index is 1.94. The van der Waals surface area contributed by atoms with Crippen LogP contribution in [-0.2, 0) is 10.0 Å². The maximum absolute atomic E-state index is 11.6. The highest BCUT2D eigenvalue weighted by molar-refractivity contribution is 7.89. The number of sulfonamides is 1.